The zero-order valence-corrected chi connectivity index (χ0v) is 18.5. The molecule has 1 aromatic carbocycles. The van der Waals surface area contributed by atoms with Gasteiger partial charge in [-0.15, -0.1) is 0 Å². The number of nitrogens with one attached hydrogen (secondary N) is 1. The second-order valence-electron chi connectivity index (χ2n) is 9.39. The third-order valence-electron chi connectivity index (χ3n) is 6.84. The Morgan fingerprint density at radius 3 is 2.30 bits per heavy atom. The van der Waals surface area contributed by atoms with E-state index in [1.807, 2.05) is 0 Å². The molecule has 30 heavy (non-hydrogen) atoms. The van der Waals surface area contributed by atoms with Gasteiger partial charge in [0.1, 0.15) is 0 Å². The molecule has 0 unspecified atom stereocenters. The maximum atomic E-state index is 5.93. The van der Waals surface area contributed by atoms with Gasteiger partial charge < -0.3 is 14.5 Å². The van der Waals surface area contributed by atoms with Crippen molar-refractivity contribution in [2.45, 2.75) is 71.0 Å². The lowest BCUT2D eigenvalue weighted by atomic mass is 9.80. The molecule has 4 nitrogen and oxygen atoms in total. The number of H-pyrrole nitrogens is 1. The van der Waals surface area contributed by atoms with E-state index in [2.05, 4.69) is 68.0 Å². The van der Waals surface area contributed by atoms with Crippen LogP contribution >= 0.6 is 0 Å². The van der Waals surface area contributed by atoms with Crippen LogP contribution in [0.2, 0.25) is 0 Å². The maximum absolute atomic E-state index is 5.93. The molecule has 2 fully saturated rings. The van der Waals surface area contributed by atoms with Crippen LogP contribution < -0.4 is 0 Å². The Labute approximate surface area is 179 Å². The minimum atomic E-state index is -0.290. The minimum Gasteiger partial charge on any atom is -0.354 e. The highest BCUT2D eigenvalue weighted by Crippen LogP contribution is 2.44. The van der Waals surface area contributed by atoms with Crippen LogP contribution in [-0.4, -0.2) is 29.0 Å². The smallest absolute Gasteiger partial charge is 0.168 e. The lowest BCUT2D eigenvalue weighted by molar-refractivity contribution is -0.178. The number of rotatable bonds is 3. The number of benzene rings is 1. The van der Waals surface area contributed by atoms with Crippen molar-refractivity contribution in [2.24, 2.45) is 0 Å². The van der Waals surface area contributed by atoms with E-state index in [1.54, 1.807) is 0 Å². The number of aromatic amines is 1. The highest BCUT2D eigenvalue weighted by Gasteiger charge is 2.40. The van der Waals surface area contributed by atoms with Gasteiger partial charge in [0, 0.05) is 40.7 Å². The van der Waals surface area contributed by atoms with Gasteiger partial charge in [0.25, 0.3) is 0 Å². The molecule has 0 radical (unpaired) electrons. The second kappa shape index (κ2) is 7.51. The average Bonchev–Trinajstić information content (AvgIpc) is 3.32. The van der Waals surface area contributed by atoms with E-state index < -0.39 is 0 Å². The van der Waals surface area contributed by atoms with E-state index >= 15 is 0 Å². The number of fused-ring (bicyclic) bond motifs is 1. The van der Waals surface area contributed by atoms with E-state index in [1.165, 1.54) is 33.3 Å². The fourth-order valence-corrected chi connectivity index (χ4v) is 5.47. The Hall–Kier alpha value is -2.17. The van der Waals surface area contributed by atoms with Crippen molar-refractivity contribution < 1.29 is 9.47 Å². The number of aryl methyl sites for hydroxylation is 2. The lowest BCUT2D eigenvalue weighted by Crippen LogP contribution is -2.34. The van der Waals surface area contributed by atoms with E-state index in [9.17, 15) is 0 Å². The van der Waals surface area contributed by atoms with Crippen LogP contribution in [0.3, 0.4) is 0 Å². The molecule has 1 aliphatic carbocycles. The molecule has 1 aliphatic heterocycles. The lowest BCUT2D eigenvalue weighted by Gasteiger charge is -2.35. The molecule has 0 amide bonds. The quantitative estimate of drug-likeness (QED) is 0.552. The molecule has 4 heteroatoms. The van der Waals surface area contributed by atoms with Gasteiger partial charge in [-0.25, -0.2) is 0 Å². The Kier molecular flexibility index (Phi) is 4.95. The molecule has 5 rings (SSSR count). The Bertz CT molecular complexity index is 1050. The van der Waals surface area contributed by atoms with Gasteiger partial charge in [-0.2, -0.15) is 0 Å². The molecular formula is C26H32N2O2. The fourth-order valence-electron chi connectivity index (χ4n) is 5.47. The van der Waals surface area contributed by atoms with Gasteiger partial charge in [-0.3, -0.25) is 4.98 Å². The topological polar surface area (TPSA) is 47.1 Å². The summed E-state index contributed by atoms with van der Waals surface area (Å²) in [6, 6.07) is 11.4. The Balaban J connectivity index is 1.52. The first kappa shape index (κ1) is 19.8. The Morgan fingerprint density at radius 2 is 1.67 bits per heavy atom. The van der Waals surface area contributed by atoms with Gasteiger partial charge in [0.2, 0.25) is 0 Å². The predicted octanol–water partition coefficient (Wildman–Crippen LogP) is 6.37. The van der Waals surface area contributed by atoms with E-state index in [0.717, 1.165) is 50.3 Å². The minimum absolute atomic E-state index is 0.290. The summed E-state index contributed by atoms with van der Waals surface area (Å²) in [6.07, 6.45) is 4.26. The highest BCUT2D eigenvalue weighted by atomic mass is 16.7. The van der Waals surface area contributed by atoms with Crippen LogP contribution in [0.15, 0.2) is 30.3 Å². The van der Waals surface area contributed by atoms with Crippen molar-refractivity contribution in [3.63, 3.8) is 0 Å². The summed E-state index contributed by atoms with van der Waals surface area (Å²) in [7, 11) is 0. The molecule has 0 bridgehead atoms. The van der Waals surface area contributed by atoms with Crippen LogP contribution in [0.25, 0.3) is 22.2 Å². The zero-order valence-electron chi connectivity index (χ0n) is 18.5. The number of ether oxygens (including phenoxy) is 2. The largest absolute Gasteiger partial charge is 0.354 e. The van der Waals surface area contributed by atoms with Crippen molar-refractivity contribution in [3.8, 4) is 11.3 Å². The van der Waals surface area contributed by atoms with Crippen LogP contribution in [0.5, 0.6) is 0 Å². The van der Waals surface area contributed by atoms with Gasteiger partial charge >= 0.3 is 0 Å². The van der Waals surface area contributed by atoms with E-state index in [4.69, 9.17) is 9.47 Å². The molecule has 2 aliphatic rings. The molecular weight excluding hydrogens is 372 g/mol. The highest BCUT2D eigenvalue weighted by molar-refractivity contribution is 5.92. The van der Waals surface area contributed by atoms with Crippen LogP contribution in [-0.2, 0) is 9.47 Å². The number of aromatic nitrogens is 2. The molecule has 0 atom stereocenters. The van der Waals surface area contributed by atoms with Crippen LogP contribution in [0, 0.1) is 13.8 Å². The zero-order chi connectivity index (χ0) is 20.9. The third-order valence-corrected chi connectivity index (χ3v) is 6.84. The number of hydrogen-bond acceptors (Lipinski definition) is 3. The van der Waals surface area contributed by atoms with Gasteiger partial charge in [-0.1, -0.05) is 19.9 Å². The van der Waals surface area contributed by atoms with Gasteiger partial charge in [0.05, 0.1) is 18.9 Å². The third kappa shape index (κ3) is 3.46. The maximum Gasteiger partial charge on any atom is 0.168 e. The van der Waals surface area contributed by atoms with Crippen molar-refractivity contribution >= 4 is 10.9 Å². The Morgan fingerprint density at radius 1 is 1.00 bits per heavy atom. The molecule has 3 heterocycles. The molecule has 1 saturated carbocycles. The van der Waals surface area contributed by atoms with Crippen molar-refractivity contribution in [1.29, 1.82) is 0 Å². The number of pyridine rings is 1. The molecule has 158 valence electrons. The summed E-state index contributed by atoms with van der Waals surface area (Å²) in [5, 5.41) is 1.36. The monoisotopic (exact) mass is 404 g/mol. The predicted molar refractivity (Wildman–Crippen MR) is 121 cm³/mol. The molecule has 3 aromatic rings. The first-order valence-corrected chi connectivity index (χ1v) is 11.3. The first-order chi connectivity index (χ1) is 14.4. The standard InChI is InChI=1S/C26H32N2O2/c1-16(2)24-22-15-20(19-7-9-26(10-8-19)29-11-12-30-26)5-6-23(22)28-25(24)21-13-17(3)27-18(4)14-21/h5-6,13-16,19,28H,7-12H2,1-4H3. The summed E-state index contributed by atoms with van der Waals surface area (Å²) in [5.74, 6) is 0.728. The molecule has 1 N–H and O–H groups in total. The van der Waals surface area contributed by atoms with E-state index in [0.29, 0.717) is 11.8 Å². The van der Waals surface area contributed by atoms with Crippen LogP contribution in [0.4, 0.5) is 0 Å². The molecule has 1 saturated heterocycles. The summed E-state index contributed by atoms with van der Waals surface area (Å²) in [5.41, 5.74) is 8.67. The summed E-state index contributed by atoms with van der Waals surface area (Å²) in [6.45, 7) is 10.2. The first-order valence-electron chi connectivity index (χ1n) is 11.3. The fraction of sp³-hybridized carbons (Fsp3) is 0.500. The van der Waals surface area contributed by atoms with Crippen molar-refractivity contribution in [1.82, 2.24) is 9.97 Å². The van der Waals surface area contributed by atoms with Crippen molar-refractivity contribution in [2.75, 3.05) is 13.2 Å². The molecule has 1 spiro atoms. The van der Waals surface area contributed by atoms with Gasteiger partial charge in [0.15, 0.2) is 5.79 Å². The summed E-state index contributed by atoms with van der Waals surface area (Å²) in [4.78, 5) is 8.28. The number of hydrogen-bond donors (Lipinski definition) is 1. The summed E-state index contributed by atoms with van der Waals surface area (Å²) >= 11 is 0. The second-order valence-corrected chi connectivity index (χ2v) is 9.39. The van der Waals surface area contributed by atoms with Gasteiger partial charge in [-0.05, 0) is 73.9 Å². The SMILES string of the molecule is Cc1cc(-c2[nH]c3ccc(C4CCC5(CC4)OCCO5)cc3c2C(C)C)cc(C)n1. The van der Waals surface area contributed by atoms with Crippen molar-refractivity contribution in [3.05, 3.63) is 52.8 Å². The number of nitrogens with zero attached hydrogens (tertiary/aromatic N) is 1. The summed E-state index contributed by atoms with van der Waals surface area (Å²) < 4.78 is 11.9. The normalized spacial score (nSPS) is 19.4. The molecule has 2 aromatic heterocycles. The van der Waals surface area contributed by atoms with E-state index in [-0.39, 0.29) is 5.79 Å². The average molecular weight is 405 g/mol. The van der Waals surface area contributed by atoms with Crippen LogP contribution in [0.1, 0.15) is 73.9 Å².